The molecule has 2 aromatic carbocycles. The molecule has 4 rings (SSSR count). The summed E-state index contributed by atoms with van der Waals surface area (Å²) in [6, 6.07) is 11.7. The molecular formula is C28H25ClN2O7. The number of unbranched alkanes of at least 4 members (excludes halogenated alkanes) is 1. The molecule has 0 saturated carbocycles. The van der Waals surface area contributed by atoms with Crippen LogP contribution >= 0.6 is 11.6 Å². The van der Waals surface area contributed by atoms with E-state index in [1.165, 1.54) is 48.5 Å². The molecule has 5 N–H and O–H groups in total. The number of nitrogens with one attached hydrogen (secondary N) is 1. The van der Waals surface area contributed by atoms with Gasteiger partial charge in [0.15, 0.2) is 11.2 Å². The fourth-order valence-corrected chi connectivity index (χ4v) is 4.64. The number of phenols is 1. The van der Waals surface area contributed by atoms with Crippen LogP contribution in [0.5, 0.6) is 5.75 Å². The number of phenolic OH excluding ortho intramolecular Hbond substituents is 1. The summed E-state index contributed by atoms with van der Waals surface area (Å²) in [4.78, 5) is 50.6. The van der Waals surface area contributed by atoms with E-state index in [1.54, 1.807) is 6.07 Å². The standard InChI is InChI=1S/C28H25ClN2O7/c29-14-22(34)21(6-1-2-11-30)31-27(35)19-4-3-5-20(28(36)37)26(19)25-17-9-7-15(32)12-23(17)38-24-13-16(33)8-10-18(24)25/h3-5,7-10,12-13,21,32H,1-2,6,11,14,30H2,(H,31,35)(H,36,37). The highest BCUT2D eigenvalue weighted by molar-refractivity contribution is 6.28. The normalized spacial score (nSPS) is 11.9. The number of rotatable bonds is 10. The van der Waals surface area contributed by atoms with Crippen LogP contribution in [0.25, 0.3) is 33.4 Å². The molecule has 0 saturated heterocycles. The van der Waals surface area contributed by atoms with Crippen molar-refractivity contribution < 1.29 is 29.0 Å². The van der Waals surface area contributed by atoms with Gasteiger partial charge in [0.2, 0.25) is 0 Å². The van der Waals surface area contributed by atoms with Gasteiger partial charge >= 0.3 is 5.97 Å². The van der Waals surface area contributed by atoms with Gasteiger partial charge in [-0.1, -0.05) is 6.07 Å². The molecule has 1 heterocycles. The smallest absolute Gasteiger partial charge is 0.336 e. The number of Topliss-reactive ketones (excluding diaryl/α,β-unsaturated/α-hetero) is 1. The highest BCUT2D eigenvalue weighted by Gasteiger charge is 2.28. The summed E-state index contributed by atoms with van der Waals surface area (Å²) in [5, 5.41) is 23.2. The summed E-state index contributed by atoms with van der Waals surface area (Å²) in [7, 11) is 0. The van der Waals surface area contributed by atoms with E-state index in [-0.39, 0.29) is 50.9 Å². The molecule has 9 nitrogen and oxygen atoms in total. The van der Waals surface area contributed by atoms with Crippen LogP contribution in [0.4, 0.5) is 0 Å². The van der Waals surface area contributed by atoms with Gasteiger partial charge in [-0.2, -0.15) is 0 Å². The Kier molecular flexibility index (Phi) is 8.09. The van der Waals surface area contributed by atoms with E-state index in [0.717, 1.165) is 0 Å². The number of hydrogen-bond acceptors (Lipinski definition) is 7. The third-order valence-electron chi connectivity index (χ3n) is 6.24. The number of nitrogens with two attached hydrogens (primary N) is 1. The average Bonchev–Trinajstić information content (AvgIpc) is 2.90. The molecular weight excluding hydrogens is 512 g/mol. The summed E-state index contributed by atoms with van der Waals surface area (Å²) in [5.74, 6) is -2.58. The fourth-order valence-electron chi connectivity index (χ4n) is 4.45. The zero-order valence-corrected chi connectivity index (χ0v) is 21.0. The lowest BCUT2D eigenvalue weighted by atomic mass is 9.87. The SMILES string of the molecule is NCCCCC(NC(=O)c1cccc(C(=O)O)c1-c1c2ccc(=O)cc-2oc2cc(O)ccc12)C(=O)CCl. The van der Waals surface area contributed by atoms with Gasteiger partial charge in [0.25, 0.3) is 5.91 Å². The number of aromatic hydroxyl groups is 1. The first kappa shape index (κ1) is 26.8. The van der Waals surface area contributed by atoms with Crippen LogP contribution in [0.15, 0.2) is 63.8 Å². The number of fused-ring (bicyclic) bond motifs is 2. The van der Waals surface area contributed by atoms with Crippen LogP contribution in [0, 0.1) is 0 Å². The Bertz CT molecular complexity index is 1560. The predicted molar refractivity (Wildman–Crippen MR) is 143 cm³/mol. The van der Waals surface area contributed by atoms with Crippen molar-refractivity contribution in [2.75, 3.05) is 12.4 Å². The number of aromatic carboxylic acids is 1. The van der Waals surface area contributed by atoms with Gasteiger partial charge < -0.3 is 25.7 Å². The molecule has 10 heteroatoms. The van der Waals surface area contributed by atoms with Crippen LogP contribution in [-0.2, 0) is 4.79 Å². The van der Waals surface area contributed by atoms with Gasteiger partial charge in [-0.15, -0.1) is 11.6 Å². The van der Waals surface area contributed by atoms with Crippen molar-refractivity contribution in [3.05, 3.63) is 75.9 Å². The molecule has 1 aliphatic heterocycles. The molecule has 1 amide bonds. The van der Waals surface area contributed by atoms with Crippen molar-refractivity contribution in [3.63, 3.8) is 0 Å². The Labute approximate surface area is 222 Å². The molecule has 2 aliphatic rings. The van der Waals surface area contributed by atoms with E-state index in [0.29, 0.717) is 42.3 Å². The number of benzene rings is 3. The van der Waals surface area contributed by atoms with E-state index in [4.69, 9.17) is 21.8 Å². The molecule has 196 valence electrons. The summed E-state index contributed by atoms with van der Waals surface area (Å²) >= 11 is 5.78. The van der Waals surface area contributed by atoms with E-state index >= 15 is 0 Å². The van der Waals surface area contributed by atoms with Crippen molar-refractivity contribution in [1.29, 1.82) is 0 Å². The van der Waals surface area contributed by atoms with Crippen LogP contribution in [-0.4, -0.2) is 46.3 Å². The topological polar surface area (TPSA) is 160 Å². The van der Waals surface area contributed by atoms with E-state index in [9.17, 15) is 29.4 Å². The van der Waals surface area contributed by atoms with Crippen LogP contribution < -0.4 is 16.5 Å². The van der Waals surface area contributed by atoms with Crippen LogP contribution in [0.1, 0.15) is 40.0 Å². The lowest BCUT2D eigenvalue weighted by molar-refractivity contribution is -0.118. The molecule has 1 aliphatic carbocycles. The van der Waals surface area contributed by atoms with Crippen molar-refractivity contribution in [1.82, 2.24) is 5.32 Å². The second-order valence-electron chi connectivity index (χ2n) is 8.76. The highest BCUT2D eigenvalue weighted by atomic mass is 35.5. The molecule has 2 aromatic rings. The van der Waals surface area contributed by atoms with E-state index in [2.05, 4.69) is 5.32 Å². The minimum Gasteiger partial charge on any atom is -0.508 e. The van der Waals surface area contributed by atoms with Gasteiger partial charge in [0.1, 0.15) is 17.1 Å². The Hall–Kier alpha value is -4.21. The van der Waals surface area contributed by atoms with Crippen LogP contribution in [0.3, 0.4) is 0 Å². The summed E-state index contributed by atoms with van der Waals surface area (Å²) in [5.41, 5.74) is 6.03. The first-order valence-corrected chi connectivity index (χ1v) is 12.4. The minimum atomic E-state index is -1.28. The van der Waals surface area contributed by atoms with E-state index in [1.807, 2.05) is 0 Å². The lowest BCUT2D eigenvalue weighted by Crippen LogP contribution is -2.41. The Morgan fingerprint density at radius 2 is 1.76 bits per heavy atom. The molecule has 0 bridgehead atoms. The molecule has 1 atom stereocenters. The van der Waals surface area contributed by atoms with Gasteiger partial charge in [0.05, 0.1) is 17.5 Å². The number of carboxylic acid groups (broad SMARTS) is 1. The number of carbonyl (C=O) groups is 3. The number of alkyl halides is 1. The van der Waals surface area contributed by atoms with Gasteiger partial charge in [0, 0.05) is 39.8 Å². The van der Waals surface area contributed by atoms with Crippen LogP contribution in [0.2, 0.25) is 0 Å². The molecule has 0 radical (unpaired) electrons. The fraction of sp³-hybridized carbons (Fsp3) is 0.214. The maximum absolute atomic E-state index is 13.6. The monoisotopic (exact) mass is 536 g/mol. The number of halogens is 1. The average molecular weight is 537 g/mol. The summed E-state index contributed by atoms with van der Waals surface area (Å²) < 4.78 is 5.86. The lowest BCUT2D eigenvalue weighted by Gasteiger charge is -2.21. The number of ketones is 1. The highest BCUT2D eigenvalue weighted by Crippen LogP contribution is 2.43. The van der Waals surface area contributed by atoms with Gasteiger partial charge in [-0.05, 0) is 62.2 Å². The molecule has 1 unspecified atom stereocenters. The summed E-state index contributed by atoms with van der Waals surface area (Å²) in [6.07, 6.45) is 1.56. The van der Waals surface area contributed by atoms with Crippen molar-refractivity contribution in [2.45, 2.75) is 25.3 Å². The zero-order chi connectivity index (χ0) is 27.4. The number of carbonyl (C=O) groups excluding carboxylic acids is 2. The number of amides is 1. The van der Waals surface area contributed by atoms with Crippen molar-refractivity contribution in [2.24, 2.45) is 5.73 Å². The Morgan fingerprint density at radius 1 is 1.00 bits per heavy atom. The minimum absolute atomic E-state index is 0.00386. The largest absolute Gasteiger partial charge is 0.508 e. The second kappa shape index (κ2) is 11.5. The molecule has 0 spiro atoms. The third kappa shape index (κ3) is 5.39. The zero-order valence-electron chi connectivity index (χ0n) is 20.2. The summed E-state index contributed by atoms with van der Waals surface area (Å²) in [6.45, 7) is 0.431. The number of hydrogen-bond donors (Lipinski definition) is 4. The number of carboxylic acids is 1. The van der Waals surface area contributed by atoms with E-state index < -0.39 is 17.9 Å². The first-order valence-electron chi connectivity index (χ1n) is 11.9. The van der Waals surface area contributed by atoms with Crippen molar-refractivity contribution in [3.8, 4) is 28.2 Å². The second-order valence-corrected chi connectivity index (χ2v) is 9.03. The molecule has 0 fully saturated rings. The molecule has 38 heavy (non-hydrogen) atoms. The first-order chi connectivity index (χ1) is 18.2. The Balaban J connectivity index is 1.97. The van der Waals surface area contributed by atoms with Crippen molar-refractivity contribution >= 4 is 40.2 Å². The Morgan fingerprint density at radius 3 is 2.47 bits per heavy atom. The third-order valence-corrected chi connectivity index (χ3v) is 6.50. The van der Waals surface area contributed by atoms with Gasteiger partial charge in [-0.3, -0.25) is 14.4 Å². The quantitative estimate of drug-likeness (QED) is 0.134. The maximum atomic E-state index is 13.6. The molecule has 0 aromatic heterocycles. The predicted octanol–water partition coefficient (Wildman–Crippen LogP) is 4.00. The van der Waals surface area contributed by atoms with Gasteiger partial charge in [-0.25, -0.2) is 4.79 Å². The maximum Gasteiger partial charge on any atom is 0.336 e.